The summed E-state index contributed by atoms with van der Waals surface area (Å²) in [7, 11) is 3.88. The molecule has 0 aliphatic rings. The minimum atomic E-state index is -0.607. The molecular formula is C17H28N2O2. The molecule has 4 nitrogen and oxygen atoms in total. The van der Waals surface area contributed by atoms with E-state index in [-0.39, 0.29) is 5.97 Å². The first kappa shape index (κ1) is 17.5. The minimum Gasteiger partial charge on any atom is -0.465 e. The molecule has 4 heteroatoms. The van der Waals surface area contributed by atoms with Crippen molar-refractivity contribution in [3.05, 3.63) is 29.8 Å². The van der Waals surface area contributed by atoms with Crippen molar-refractivity contribution in [2.45, 2.75) is 39.2 Å². The van der Waals surface area contributed by atoms with E-state index in [0.29, 0.717) is 6.61 Å². The van der Waals surface area contributed by atoms with Gasteiger partial charge < -0.3 is 15.0 Å². The maximum Gasteiger partial charge on any atom is 0.326 e. The number of esters is 1. The van der Waals surface area contributed by atoms with Crippen LogP contribution in [-0.4, -0.2) is 38.8 Å². The second-order valence-electron chi connectivity index (χ2n) is 5.66. The van der Waals surface area contributed by atoms with Crippen LogP contribution < -0.4 is 10.2 Å². The molecule has 0 aliphatic heterocycles. The lowest BCUT2D eigenvalue weighted by Gasteiger charge is -2.28. The molecule has 21 heavy (non-hydrogen) atoms. The summed E-state index contributed by atoms with van der Waals surface area (Å²) in [6.45, 7) is 7.14. The maximum atomic E-state index is 12.0. The highest BCUT2D eigenvalue weighted by molar-refractivity contribution is 5.80. The highest BCUT2D eigenvalue weighted by Gasteiger charge is 2.32. The zero-order chi connectivity index (χ0) is 15.9. The van der Waals surface area contributed by atoms with E-state index in [2.05, 4.69) is 48.5 Å². The first-order valence-corrected chi connectivity index (χ1v) is 7.57. The summed E-state index contributed by atoms with van der Waals surface area (Å²) < 4.78 is 5.14. The number of likely N-dealkylation sites (N-methyl/N-ethyl adjacent to an activating group) is 1. The number of hydrogen-bond donors (Lipinski definition) is 1. The van der Waals surface area contributed by atoms with Crippen LogP contribution in [-0.2, 0) is 9.53 Å². The van der Waals surface area contributed by atoms with Gasteiger partial charge in [0.25, 0.3) is 0 Å². The van der Waals surface area contributed by atoms with Gasteiger partial charge in [-0.3, -0.25) is 4.79 Å². The summed E-state index contributed by atoms with van der Waals surface area (Å²) in [5.41, 5.74) is 1.85. The first-order valence-electron chi connectivity index (χ1n) is 7.57. The molecule has 1 aromatic carbocycles. The third-order valence-corrected chi connectivity index (χ3v) is 3.92. The summed E-state index contributed by atoms with van der Waals surface area (Å²) in [6, 6.07) is 8.47. The molecular weight excluding hydrogens is 264 g/mol. The standard InChI is InChI=1S/C17H28N2O2/c1-6-21-16(20)17(3,18-4)12-7-13-19(5)15-10-8-14(2)9-11-15/h8-11,18H,6-7,12-13H2,1-5H3. The summed E-state index contributed by atoms with van der Waals surface area (Å²) in [5, 5.41) is 3.09. The van der Waals surface area contributed by atoms with E-state index in [9.17, 15) is 4.79 Å². The Kier molecular flexibility index (Phi) is 6.69. The van der Waals surface area contributed by atoms with Gasteiger partial charge in [0.2, 0.25) is 0 Å². The van der Waals surface area contributed by atoms with Crippen LogP contribution in [0.5, 0.6) is 0 Å². The van der Waals surface area contributed by atoms with Crippen molar-refractivity contribution in [2.24, 2.45) is 0 Å². The van der Waals surface area contributed by atoms with Crippen molar-refractivity contribution in [3.63, 3.8) is 0 Å². The molecule has 0 amide bonds. The zero-order valence-corrected chi connectivity index (χ0v) is 13.9. The zero-order valence-electron chi connectivity index (χ0n) is 13.9. The van der Waals surface area contributed by atoms with Gasteiger partial charge in [-0.25, -0.2) is 0 Å². The van der Waals surface area contributed by atoms with Gasteiger partial charge in [-0.2, -0.15) is 0 Å². The lowest BCUT2D eigenvalue weighted by Crippen LogP contribution is -2.49. The Labute approximate surface area is 128 Å². The van der Waals surface area contributed by atoms with Gasteiger partial charge in [-0.15, -0.1) is 0 Å². The minimum absolute atomic E-state index is 0.175. The molecule has 1 aromatic rings. The van der Waals surface area contributed by atoms with E-state index in [4.69, 9.17) is 4.74 Å². The molecule has 0 saturated carbocycles. The number of benzene rings is 1. The smallest absolute Gasteiger partial charge is 0.326 e. The first-order chi connectivity index (χ1) is 9.92. The molecule has 0 aromatic heterocycles. The number of rotatable bonds is 8. The predicted octanol–water partition coefficient (Wildman–Crippen LogP) is 2.75. The Morgan fingerprint density at radius 3 is 2.48 bits per heavy atom. The number of carbonyl (C=O) groups is 1. The largest absolute Gasteiger partial charge is 0.465 e. The second kappa shape index (κ2) is 8.03. The fourth-order valence-electron chi connectivity index (χ4n) is 2.22. The van der Waals surface area contributed by atoms with E-state index in [1.165, 1.54) is 11.3 Å². The van der Waals surface area contributed by atoms with Gasteiger partial charge in [-0.1, -0.05) is 17.7 Å². The number of nitrogens with one attached hydrogen (secondary N) is 1. The molecule has 0 fully saturated rings. The highest BCUT2D eigenvalue weighted by Crippen LogP contribution is 2.17. The molecule has 1 unspecified atom stereocenters. The lowest BCUT2D eigenvalue weighted by atomic mass is 9.96. The molecule has 0 spiro atoms. The maximum absolute atomic E-state index is 12.0. The average molecular weight is 292 g/mol. The lowest BCUT2D eigenvalue weighted by molar-refractivity contribution is -0.150. The number of ether oxygens (including phenoxy) is 1. The summed E-state index contributed by atoms with van der Waals surface area (Å²) in [5.74, 6) is -0.175. The number of hydrogen-bond acceptors (Lipinski definition) is 4. The third-order valence-electron chi connectivity index (χ3n) is 3.92. The van der Waals surface area contributed by atoms with Gasteiger partial charge >= 0.3 is 5.97 Å². The number of carbonyl (C=O) groups excluding carboxylic acids is 1. The third kappa shape index (κ3) is 5.05. The van der Waals surface area contributed by atoms with Crippen LogP contribution >= 0.6 is 0 Å². The summed E-state index contributed by atoms with van der Waals surface area (Å²) in [6.07, 6.45) is 1.67. The van der Waals surface area contributed by atoms with Gasteiger partial charge in [0.15, 0.2) is 0 Å². The van der Waals surface area contributed by atoms with Crippen molar-refractivity contribution in [1.82, 2.24) is 5.32 Å². The van der Waals surface area contributed by atoms with Crippen LogP contribution in [0.1, 0.15) is 32.3 Å². The van der Waals surface area contributed by atoms with Crippen LogP contribution in [0, 0.1) is 6.92 Å². The van der Waals surface area contributed by atoms with E-state index in [1.807, 2.05) is 13.8 Å². The van der Waals surface area contributed by atoms with Crippen LogP contribution in [0.3, 0.4) is 0 Å². The quantitative estimate of drug-likeness (QED) is 0.748. The van der Waals surface area contributed by atoms with Crippen molar-refractivity contribution < 1.29 is 9.53 Å². The SMILES string of the molecule is CCOC(=O)C(C)(CCCN(C)c1ccc(C)cc1)NC. The Morgan fingerprint density at radius 1 is 1.33 bits per heavy atom. The Bertz CT molecular complexity index is 445. The Hall–Kier alpha value is -1.55. The van der Waals surface area contributed by atoms with Crippen LogP contribution in [0.2, 0.25) is 0 Å². The highest BCUT2D eigenvalue weighted by atomic mass is 16.5. The number of anilines is 1. The summed E-state index contributed by atoms with van der Waals surface area (Å²) >= 11 is 0. The van der Waals surface area contributed by atoms with Crippen LogP contribution in [0.15, 0.2) is 24.3 Å². The van der Waals surface area contributed by atoms with Crippen molar-refractivity contribution in [2.75, 3.05) is 32.1 Å². The van der Waals surface area contributed by atoms with Crippen LogP contribution in [0.25, 0.3) is 0 Å². The molecule has 1 N–H and O–H groups in total. The summed E-state index contributed by atoms with van der Waals surface area (Å²) in [4.78, 5) is 14.2. The normalized spacial score (nSPS) is 13.6. The number of aryl methyl sites for hydroxylation is 1. The molecule has 0 radical (unpaired) electrons. The van der Waals surface area contributed by atoms with Crippen molar-refractivity contribution in [3.8, 4) is 0 Å². The molecule has 0 bridgehead atoms. The van der Waals surface area contributed by atoms with Crippen LogP contribution in [0.4, 0.5) is 5.69 Å². The molecule has 1 atom stereocenters. The molecule has 1 rings (SSSR count). The topological polar surface area (TPSA) is 41.6 Å². The van der Waals surface area contributed by atoms with Gasteiger partial charge in [-0.05, 0) is 52.8 Å². The van der Waals surface area contributed by atoms with E-state index in [1.54, 1.807) is 7.05 Å². The van der Waals surface area contributed by atoms with Crippen molar-refractivity contribution >= 4 is 11.7 Å². The predicted molar refractivity (Wildman–Crippen MR) is 87.8 cm³/mol. The second-order valence-corrected chi connectivity index (χ2v) is 5.66. The fraction of sp³-hybridized carbons (Fsp3) is 0.588. The fourth-order valence-corrected chi connectivity index (χ4v) is 2.22. The Balaban J connectivity index is 2.50. The van der Waals surface area contributed by atoms with E-state index in [0.717, 1.165) is 19.4 Å². The van der Waals surface area contributed by atoms with Gasteiger partial charge in [0, 0.05) is 19.3 Å². The molecule has 0 aliphatic carbocycles. The monoisotopic (exact) mass is 292 g/mol. The molecule has 0 heterocycles. The van der Waals surface area contributed by atoms with E-state index >= 15 is 0 Å². The Morgan fingerprint density at radius 2 is 1.95 bits per heavy atom. The molecule has 118 valence electrons. The van der Waals surface area contributed by atoms with Gasteiger partial charge in [0.05, 0.1) is 6.61 Å². The average Bonchev–Trinajstić information content (AvgIpc) is 2.47. The van der Waals surface area contributed by atoms with Crippen molar-refractivity contribution in [1.29, 1.82) is 0 Å². The number of nitrogens with zero attached hydrogens (tertiary/aromatic N) is 1. The van der Waals surface area contributed by atoms with E-state index < -0.39 is 5.54 Å². The van der Waals surface area contributed by atoms with Gasteiger partial charge in [0.1, 0.15) is 5.54 Å². The molecule has 0 saturated heterocycles.